The summed E-state index contributed by atoms with van der Waals surface area (Å²) in [5.41, 5.74) is 7.28. The predicted molar refractivity (Wildman–Crippen MR) is 137 cm³/mol. The van der Waals surface area contributed by atoms with Gasteiger partial charge in [-0.2, -0.15) is 0 Å². The van der Waals surface area contributed by atoms with Gasteiger partial charge in [-0.3, -0.25) is 0 Å². The first-order valence-electron chi connectivity index (χ1n) is 13.4. The molecule has 1 nitrogen and oxygen atoms in total. The number of benzene rings is 2. The van der Waals surface area contributed by atoms with E-state index in [1.54, 1.807) is 5.56 Å². The van der Waals surface area contributed by atoms with Gasteiger partial charge in [0.05, 0.1) is 6.10 Å². The molecule has 0 saturated heterocycles. The smallest absolute Gasteiger partial charge is 0.0571 e. The number of rotatable bonds is 8. The minimum atomic E-state index is 0.475. The van der Waals surface area contributed by atoms with Gasteiger partial charge in [-0.25, -0.2) is 0 Å². The predicted octanol–water partition coefficient (Wildman–Crippen LogP) is 9.19. The van der Waals surface area contributed by atoms with Crippen LogP contribution in [0.4, 0.5) is 0 Å². The van der Waals surface area contributed by atoms with Gasteiger partial charge in [0.15, 0.2) is 0 Å². The normalized spacial score (nSPS) is 26.2. The van der Waals surface area contributed by atoms with Gasteiger partial charge in [-0.15, -0.1) is 0 Å². The lowest BCUT2D eigenvalue weighted by Crippen LogP contribution is -2.19. The molecule has 2 aromatic carbocycles. The molecule has 2 aliphatic rings. The molecule has 0 amide bonds. The third-order valence-corrected chi connectivity index (χ3v) is 8.49. The first-order chi connectivity index (χ1) is 15.7. The van der Waals surface area contributed by atoms with Crippen molar-refractivity contribution in [3.63, 3.8) is 0 Å². The van der Waals surface area contributed by atoms with Gasteiger partial charge >= 0.3 is 0 Å². The number of ether oxygens (including phenoxy) is 1. The van der Waals surface area contributed by atoms with Crippen molar-refractivity contribution < 1.29 is 4.74 Å². The van der Waals surface area contributed by atoms with Crippen molar-refractivity contribution in [2.24, 2.45) is 5.92 Å². The lowest BCUT2D eigenvalue weighted by atomic mass is 9.76. The molecule has 0 heterocycles. The van der Waals surface area contributed by atoms with Crippen LogP contribution in [0, 0.1) is 12.8 Å². The molecule has 0 aliphatic heterocycles. The van der Waals surface area contributed by atoms with E-state index >= 15 is 0 Å². The van der Waals surface area contributed by atoms with Gasteiger partial charge < -0.3 is 4.74 Å². The Labute approximate surface area is 197 Å². The standard InChI is InChI=1S/C31H44O/c1-4-5-6-7-24-8-10-27(11-9-24)29-18-21-31(23(2)22-29)28-14-12-25(13-15-28)26-16-19-30(32-3)20-17-26/h12-15,18,21-22,24,26-27,30H,4-11,16-17,19-20H2,1-3H3. The second-order valence-corrected chi connectivity index (χ2v) is 10.6. The van der Waals surface area contributed by atoms with Crippen LogP contribution >= 0.6 is 0 Å². The molecule has 0 bridgehead atoms. The molecule has 0 atom stereocenters. The molecule has 0 spiro atoms. The van der Waals surface area contributed by atoms with Crippen molar-refractivity contribution in [3.8, 4) is 11.1 Å². The lowest BCUT2D eigenvalue weighted by molar-refractivity contribution is 0.0659. The number of methoxy groups -OCH3 is 1. The van der Waals surface area contributed by atoms with E-state index in [1.807, 2.05) is 7.11 Å². The molecule has 4 rings (SSSR count). The number of hydrogen-bond donors (Lipinski definition) is 0. The first kappa shape index (κ1) is 23.6. The number of hydrogen-bond acceptors (Lipinski definition) is 1. The Hall–Kier alpha value is -1.60. The van der Waals surface area contributed by atoms with Crippen LogP contribution in [0.5, 0.6) is 0 Å². The van der Waals surface area contributed by atoms with Crippen molar-refractivity contribution in [1.82, 2.24) is 0 Å². The summed E-state index contributed by atoms with van der Waals surface area (Å²) in [4.78, 5) is 0. The van der Waals surface area contributed by atoms with Crippen LogP contribution in [-0.2, 0) is 4.74 Å². The second kappa shape index (κ2) is 11.5. The van der Waals surface area contributed by atoms with Gasteiger partial charge in [0.25, 0.3) is 0 Å². The highest BCUT2D eigenvalue weighted by molar-refractivity contribution is 5.68. The van der Waals surface area contributed by atoms with Crippen LogP contribution in [0.25, 0.3) is 11.1 Å². The van der Waals surface area contributed by atoms with Crippen LogP contribution in [-0.4, -0.2) is 13.2 Å². The maximum absolute atomic E-state index is 5.54. The number of unbranched alkanes of at least 4 members (excludes halogenated alkanes) is 2. The van der Waals surface area contributed by atoms with E-state index in [4.69, 9.17) is 4.74 Å². The molecule has 0 aromatic heterocycles. The molecular weight excluding hydrogens is 388 g/mol. The Kier molecular flexibility index (Phi) is 8.47. The summed E-state index contributed by atoms with van der Waals surface area (Å²) in [6.45, 7) is 4.61. The Morgan fingerprint density at radius 1 is 0.750 bits per heavy atom. The average molecular weight is 433 g/mol. The Morgan fingerprint density at radius 3 is 2.00 bits per heavy atom. The molecule has 174 valence electrons. The maximum atomic E-state index is 5.54. The van der Waals surface area contributed by atoms with E-state index < -0.39 is 0 Å². The van der Waals surface area contributed by atoms with Crippen molar-refractivity contribution >= 4 is 0 Å². The van der Waals surface area contributed by atoms with E-state index in [9.17, 15) is 0 Å². The molecule has 2 fully saturated rings. The fourth-order valence-electron chi connectivity index (χ4n) is 6.30. The second-order valence-electron chi connectivity index (χ2n) is 10.6. The van der Waals surface area contributed by atoms with E-state index in [1.165, 1.54) is 99.3 Å². The zero-order chi connectivity index (χ0) is 22.3. The maximum Gasteiger partial charge on any atom is 0.0571 e. The van der Waals surface area contributed by atoms with E-state index in [-0.39, 0.29) is 0 Å². The topological polar surface area (TPSA) is 9.23 Å². The Bertz CT molecular complexity index is 820. The van der Waals surface area contributed by atoms with Gasteiger partial charge in [0, 0.05) is 7.11 Å². The summed E-state index contributed by atoms with van der Waals surface area (Å²) in [5, 5.41) is 0. The fraction of sp³-hybridized carbons (Fsp3) is 0.613. The van der Waals surface area contributed by atoms with Gasteiger partial charge in [0.2, 0.25) is 0 Å². The fourth-order valence-corrected chi connectivity index (χ4v) is 6.30. The van der Waals surface area contributed by atoms with Gasteiger partial charge in [0.1, 0.15) is 0 Å². The highest BCUT2D eigenvalue weighted by Crippen LogP contribution is 2.39. The third-order valence-electron chi connectivity index (χ3n) is 8.49. The van der Waals surface area contributed by atoms with Crippen molar-refractivity contribution in [3.05, 3.63) is 59.2 Å². The molecular formula is C31H44O. The highest BCUT2D eigenvalue weighted by atomic mass is 16.5. The highest BCUT2D eigenvalue weighted by Gasteiger charge is 2.23. The van der Waals surface area contributed by atoms with Crippen LogP contribution in [0.1, 0.15) is 112 Å². The van der Waals surface area contributed by atoms with E-state index in [0.29, 0.717) is 12.0 Å². The minimum Gasteiger partial charge on any atom is -0.381 e. The first-order valence-corrected chi connectivity index (χ1v) is 13.4. The molecule has 2 aliphatic carbocycles. The Morgan fingerprint density at radius 2 is 1.38 bits per heavy atom. The average Bonchev–Trinajstić information content (AvgIpc) is 2.85. The van der Waals surface area contributed by atoms with Crippen LogP contribution in [0.2, 0.25) is 0 Å². The molecule has 0 radical (unpaired) electrons. The van der Waals surface area contributed by atoms with Gasteiger partial charge in [-0.05, 0) is 104 Å². The summed E-state index contributed by atoms with van der Waals surface area (Å²) < 4.78 is 5.54. The SMILES string of the molecule is CCCCCC1CCC(c2ccc(-c3ccc(C4CCC(OC)CC4)cc3)c(C)c2)CC1. The zero-order valence-electron chi connectivity index (χ0n) is 20.7. The van der Waals surface area contributed by atoms with Crippen molar-refractivity contribution in [2.75, 3.05) is 7.11 Å². The zero-order valence-corrected chi connectivity index (χ0v) is 20.7. The summed E-state index contributed by atoms with van der Waals surface area (Å²) in [5.74, 6) is 2.46. The quantitative estimate of drug-likeness (QED) is 0.378. The lowest BCUT2D eigenvalue weighted by Gasteiger charge is -2.29. The summed E-state index contributed by atoms with van der Waals surface area (Å²) in [7, 11) is 1.85. The largest absolute Gasteiger partial charge is 0.381 e. The summed E-state index contributed by atoms with van der Waals surface area (Å²) >= 11 is 0. The number of aryl methyl sites for hydroxylation is 1. The molecule has 0 unspecified atom stereocenters. The third kappa shape index (κ3) is 5.84. The molecule has 0 N–H and O–H groups in total. The monoisotopic (exact) mass is 432 g/mol. The van der Waals surface area contributed by atoms with Crippen molar-refractivity contribution in [1.29, 1.82) is 0 Å². The molecule has 2 saturated carbocycles. The molecule has 32 heavy (non-hydrogen) atoms. The van der Waals surface area contributed by atoms with E-state index in [0.717, 1.165) is 11.8 Å². The van der Waals surface area contributed by atoms with Crippen LogP contribution < -0.4 is 0 Å². The van der Waals surface area contributed by atoms with E-state index in [2.05, 4.69) is 56.3 Å². The van der Waals surface area contributed by atoms with Gasteiger partial charge in [-0.1, -0.05) is 75.1 Å². The van der Waals surface area contributed by atoms with Crippen molar-refractivity contribution in [2.45, 2.75) is 109 Å². The van der Waals surface area contributed by atoms with Crippen LogP contribution in [0.15, 0.2) is 42.5 Å². The minimum absolute atomic E-state index is 0.475. The molecule has 2 aromatic rings. The molecule has 1 heteroatoms. The summed E-state index contributed by atoms with van der Waals surface area (Å²) in [6, 6.07) is 16.7. The summed E-state index contributed by atoms with van der Waals surface area (Å²) in [6.07, 6.45) is 16.7. The Balaban J connectivity index is 1.35. The van der Waals surface area contributed by atoms with Crippen LogP contribution in [0.3, 0.4) is 0 Å².